The summed E-state index contributed by atoms with van der Waals surface area (Å²) < 4.78 is 6.10. The quantitative estimate of drug-likeness (QED) is 0.471. The van der Waals surface area contributed by atoms with E-state index in [1.54, 1.807) is 12.3 Å². The summed E-state index contributed by atoms with van der Waals surface area (Å²) in [4.78, 5) is 31.8. The molecular weight excluding hydrogens is 344 g/mol. The SMILES string of the molecule is COC(=O)/C(C#N)=C/c1c(N2CCC(C)CC2)nc2c(C)cccn2c1=O. The van der Waals surface area contributed by atoms with Crippen molar-refractivity contribution in [3.05, 3.63) is 45.4 Å². The zero-order valence-corrected chi connectivity index (χ0v) is 15.7. The molecule has 7 nitrogen and oxygen atoms in total. The minimum Gasteiger partial charge on any atom is -0.465 e. The molecule has 2 aromatic heterocycles. The van der Waals surface area contributed by atoms with E-state index in [9.17, 15) is 14.9 Å². The summed E-state index contributed by atoms with van der Waals surface area (Å²) in [5, 5.41) is 9.31. The van der Waals surface area contributed by atoms with Crippen LogP contribution in [0.15, 0.2) is 28.7 Å². The number of nitriles is 1. The molecule has 0 saturated carbocycles. The van der Waals surface area contributed by atoms with Gasteiger partial charge in [-0.15, -0.1) is 0 Å². The van der Waals surface area contributed by atoms with Gasteiger partial charge in [0.1, 0.15) is 23.1 Å². The summed E-state index contributed by atoms with van der Waals surface area (Å²) in [6.07, 6.45) is 4.94. The summed E-state index contributed by atoms with van der Waals surface area (Å²) in [5.74, 6) is 0.357. The van der Waals surface area contributed by atoms with Crippen LogP contribution < -0.4 is 10.5 Å². The maximum Gasteiger partial charge on any atom is 0.348 e. The molecule has 1 aliphatic rings. The predicted octanol–water partition coefficient (Wildman–Crippen LogP) is 2.32. The fourth-order valence-electron chi connectivity index (χ4n) is 3.28. The van der Waals surface area contributed by atoms with Crippen molar-refractivity contribution < 1.29 is 9.53 Å². The third kappa shape index (κ3) is 3.56. The van der Waals surface area contributed by atoms with Gasteiger partial charge in [0.05, 0.1) is 12.7 Å². The number of fused-ring (bicyclic) bond motifs is 1. The van der Waals surface area contributed by atoms with Crippen LogP contribution in [0.3, 0.4) is 0 Å². The Morgan fingerprint density at radius 3 is 2.74 bits per heavy atom. The van der Waals surface area contributed by atoms with E-state index in [1.165, 1.54) is 17.6 Å². The lowest BCUT2D eigenvalue weighted by Gasteiger charge is -2.32. The minimum atomic E-state index is -0.774. The lowest BCUT2D eigenvalue weighted by molar-refractivity contribution is -0.135. The molecule has 0 unspecified atom stereocenters. The molecule has 0 atom stereocenters. The molecule has 1 aliphatic heterocycles. The molecule has 0 N–H and O–H groups in total. The molecule has 0 spiro atoms. The Morgan fingerprint density at radius 1 is 1.41 bits per heavy atom. The third-order valence-electron chi connectivity index (χ3n) is 4.96. The molecule has 1 fully saturated rings. The Hall–Kier alpha value is -3.14. The Morgan fingerprint density at radius 2 is 2.11 bits per heavy atom. The fourth-order valence-corrected chi connectivity index (χ4v) is 3.28. The number of piperidine rings is 1. The maximum atomic E-state index is 13.2. The molecule has 140 valence electrons. The topological polar surface area (TPSA) is 87.7 Å². The fraction of sp³-hybridized carbons (Fsp3) is 0.400. The molecule has 3 rings (SSSR count). The summed E-state index contributed by atoms with van der Waals surface area (Å²) >= 11 is 0. The first-order chi connectivity index (χ1) is 13.0. The zero-order chi connectivity index (χ0) is 19.6. The van der Waals surface area contributed by atoms with Crippen LogP contribution >= 0.6 is 0 Å². The number of methoxy groups -OCH3 is 1. The summed E-state index contributed by atoms with van der Waals surface area (Å²) in [7, 11) is 1.20. The van der Waals surface area contributed by atoms with Crippen LogP contribution in [0.5, 0.6) is 0 Å². The van der Waals surface area contributed by atoms with Crippen molar-refractivity contribution >= 4 is 23.5 Å². The number of anilines is 1. The van der Waals surface area contributed by atoms with Crippen molar-refractivity contribution in [2.24, 2.45) is 5.92 Å². The Labute approximate surface area is 157 Å². The lowest BCUT2D eigenvalue weighted by Crippen LogP contribution is -2.36. The highest BCUT2D eigenvalue weighted by atomic mass is 16.5. The van der Waals surface area contributed by atoms with Crippen molar-refractivity contribution in [1.29, 1.82) is 5.26 Å². The van der Waals surface area contributed by atoms with Gasteiger partial charge >= 0.3 is 5.97 Å². The number of rotatable bonds is 3. The molecule has 0 bridgehead atoms. The van der Waals surface area contributed by atoms with E-state index in [1.807, 2.05) is 19.1 Å². The van der Waals surface area contributed by atoms with Gasteiger partial charge < -0.3 is 9.64 Å². The molecule has 7 heteroatoms. The average molecular weight is 366 g/mol. The van der Waals surface area contributed by atoms with E-state index >= 15 is 0 Å². The number of esters is 1. The second-order valence-electron chi connectivity index (χ2n) is 6.87. The van der Waals surface area contributed by atoms with Gasteiger partial charge in [-0.1, -0.05) is 13.0 Å². The van der Waals surface area contributed by atoms with Crippen LogP contribution in [0.4, 0.5) is 5.82 Å². The minimum absolute atomic E-state index is 0.226. The van der Waals surface area contributed by atoms with Crippen molar-refractivity contribution in [3.63, 3.8) is 0 Å². The lowest BCUT2D eigenvalue weighted by atomic mass is 9.99. The monoisotopic (exact) mass is 366 g/mol. The molecule has 2 aromatic rings. The van der Waals surface area contributed by atoms with Crippen LogP contribution in [-0.2, 0) is 9.53 Å². The molecule has 0 aromatic carbocycles. The summed E-state index contributed by atoms with van der Waals surface area (Å²) in [5.41, 5.74) is 1.15. The zero-order valence-electron chi connectivity index (χ0n) is 15.7. The predicted molar refractivity (Wildman–Crippen MR) is 102 cm³/mol. The number of carbonyl (C=O) groups excluding carboxylic acids is 1. The largest absolute Gasteiger partial charge is 0.465 e. The van der Waals surface area contributed by atoms with Crippen LogP contribution in [-0.4, -0.2) is 35.6 Å². The second kappa shape index (κ2) is 7.62. The summed E-state index contributed by atoms with van der Waals surface area (Å²) in [6.45, 7) is 5.65. The number of carbonyl (C=O) groups is 1. The van der Waals surface area contributed by atoms with E-state index in [0.717, 1.165) is 31.5 Å². The first kappa shape index (κ1) is 18.6. The smallest absolute Gasteiger partial charge is 0.348 e. The van der Waals surface area contributed by atoms with Gasteiger partial charge in [-0.2, -0.15) is 5.26 Å². The van der Waals surface area contributed by atoms with Gasteiger partial charge in [0.25, 0.3) is 5.56 Å². The van der Waals surface area contributed by atoms with Crippen LogP contribution in [0, 0.1) is 24.2 Å². The van der Waals surface area contributed by atoms with Crippen molar-refractivity contribution in [2.75, 3.05) is 25.1 Å². The number of nitrogens with zero attached hydrogens (tertiary/aromatic N) is 4. The van der Waals surface area contributed by atoms with Gasteiger partial charge in [-0.3, -0.25) is 9.20 Å². The first-order valence-corrected chi connectivity index (χ1v) is 8.93. The number of hydrogen-bond acceptors (Lipinski definition) is 6. The molecule has 0 radical (unpaired) electrons. The molecule has 0 aliphatic carbocycles. The highest BCUT2D eigenvalue weighted by Gasteiger charge is 2.23. The Bertz CT molecular complexity index is 1010. The van der Waals surface area contributed by atoms with Crippen molar-refractivity contribution in [2.45, 2.75) is 26.7 Å². The van der Waals surface area contributed by atoms with Gasteiger partial charge in [0.15, 0.2) is 0 Å². The molecule has 0 amide bonds. The molecule has 27 heavy (non-hydrogen) atoms. The maximum absolute atomic E-state index is 13.2. The summed E-state index contributed by atoms with van der Waals surface area (Å²) in [6, 6.07) is 5.49. The van der Waals surface area contributed by atoms with Gasteiger partial charge in [-0.05, 0) is 43.4 Å². The highest BCUT2D eigenvalue weighted by molar-refractivity contribution is 5.98. The van der Waals surface area contributed by atoms with Crippen molar-refractivity contribution in [3.8, 4) is 6.07 Å². The normalized spacial score (nSPS) is 15.6. The first-order valence-electron chi connectivity index (χ1n) is 8.93. The Kier molecular flexibility index (Phi) is 5.26. The standard InChI is InChI=1S/C20H22N4O3/c1-13-6-9-23(10-7-13)18-16(11-15(12-21)20(26)27-3)19(25)24-8-4-5-14(2)17(24)22-18/h4-5,8,11,13H,6-7,9-10H2,1-3H3/b15-11+. The molecule has 1 saturated heterocycles. The number of pyridine rings is 1. The average Bonchev–Trinajstić information content (AvgIpc) is 2.68. The molecule has 3 heterocycles. The number of hydrogen-bond donors (Lipinski definition) is 0. The van der Waals surface area contributed by atoms with Gasteiger partial charge in [-0.25, -0.2) is 9.78 Å². The van der Waals surface area contributed by atoms with Gasteiger partial charge in [0.2, 0.25) is 0 Å². The number of aryl methyl sites for hydroxylation is 1. The van der Waals surface area contributed by atoms with Crippen LogP contribution in [0.1, 0.15) is 30.9 Å². The van der Waals surface area contributed by atoms with Crippen LogP contribution in [0.25, 0.3) is 11.7 Å². The van der Waals surface area contributed by atoms with E-state index in [4.69, 9.17) is 4.98 Å². The van der Waals surface area contributed by atoms with Crippen LogP contribution in [0.2, 0.25) is 0 Å². The van der Waals surface area contributed by atoms with E-state index < -0.39 is 5.97 Å². The third-order valence-corrected chi connectivity index (χ3v) is 4.96. The number of aromatic nitrogens is 2. The molecular formula is C20H22N4O3. The van der Waals surface area contributed by atoms with E-state index in [0.29, 0.717) is 17.4 Å². The highest BCUT2D eigenvalue weighted by Crippen LogP contribution is 2.25. The van der Waals surface area contributed by atoms with E-state index in [2.05, 4.69) is 16.6 Å². The van der Waals surface area contributed by atoms with E-state index in [-0.39, 0.29) is 16.7 Å². The Balaban J connectivity index is 2.26. The second-order valence-corrected chi connectivity index (χ2v) is 6.87. The van der Waals surface area contributed by atoms with Crippen molar-refractivity contribution in [1.82, 2.24) is 9.38 Å². The van der Waals surface area contributed by atoms with Gasteiger partial charge in [0, 0.05) is 19.3 Å². The number of ether oxygens (including phenoxy) is 1.